The molecule has 1 aliphatic rings. The van der Waals surface area contributed by atoms with Gasteiger partial charge in [0.2, 0.25) is 0 Å². The van der Waals surface area contributed by atoms with Crippen LogP contribution in [0.3, 0.4) is 0 Å². The van der Waals surface area contributed by atoms with Crippen molar-refractivity contribution in [1.29, 1.82) is 0 Å². The molecule has 1 saturated carbocycles. The minimum Gasteiger partial charge on any atom is -0.355 e. The average Bonchev–Trinajstić information content (AvgIpc) is 3.28. The zero-order valence-corrected chi connectivity index (χ0v) is 14.8. The van der Waals surface area contributed by atoms with Crippen LogP contribution in [0.4, 0.5) is 0 Å². The molecule has 1 N–H and O–H groups in total. The molecule has 3 aromatic rings. The van der Waals surface area contributed by atoms with E-state index in [1.54, 1.807) is 6.07 Å². The number of rotatable bonds is 5. The van der Waals surface area contributed by atoms with Crippen molar-refractivity contribution in [3.05, 3.63) is 54.0 Å². The first kappa shape index (κ1) is 16.5. The molecule has 1 aromatic carbocycles. The molecule has 4 rings (SSSR count). The quantitative estimate of drug-likeness (QED) is 0.763. The molecule has 2 aromatic heterocycles. The Labute approximate surface area is 151 Å². The highest BCUT2D eigenvalue weighted by atomic mass is 16.5. The third kappa shape index (κ3) is 3.24. The van der Waals surface area contributed by atoms with Gasteiger partial charge in [0.05, 0.1) is 11.7 Å². The summed E-state index contributed by atoms with van der Waals surface area (Å²) < 4.78 is 7.19. The molecular weight excluding hydrogens is 330 g/mol. The lowest BCUT2D eigenvalue weighted by molar-refractivity contribution is 0.0878. The summed E-state index contributed by atoms with van der Waals surface area (Å²) in [7, 11) is 0. The van der Waals surface area contributed by atoms with Gasteiger partial charge in [-0.2, -0.15) is 0 Å². The van der Waals surface area contributed by atoms with Crippen LogP contribution in [-0.4, -0.2) is 32.1 Å². The molecule has 0 atom stereocenters. The lowest BCUT2D eigenvalue weighted by Crippen LogP contribution is -2.45. The van der Waals surface area contributed by atoms with E-state index in [-0.39, 0.29) is 18.0 Å². The maximum atomic E-state index is 12.4. The molecule has 7 nitrogen and oxygen atoms in total. The van der Waals surface area contributed by atoms with Crippen LogP contribution >= 0.6 is 0 Å². The molecule has 7 heteroatoms. The number of carbonyl (C=O) groups is 1. The highest BCUT2D eigenvalue weighted by Gasteiger charge is 2.33. The van der Waals surface area contributed by atoms with Crippen molar-refractivity contribution in [2.75, 3.05) is 0 Å². The fourth-order valence-electron chi connectivity index (χ4n) is 3.04. The lowest BCUT2D eigenvalue weighted by atomic mass is 9.86. The first-order chi connectivity index (χ1) is 12.6. The van der Waals surface area contributed by atoms with E-state index >= 15 is 0 Å². The Hall–Kier alpha value is -2.96. The summed E-state index contributed by atoms with van der Waals surface area (Å²) in [4.78, 5) is 12.4. The molecule has 0 spiro atoms. The molecule has 0 bridgehead atoms. The zero-order valence-electron chi connectivity index (χ0n) is 14.8. The SMILES string of the molecule is CC(C)c1cn(C2CC(NC(=O)c3cc(-c4ccccc4)on3)C2)nn1. The van der Waals surface area contributed by atoms with Crippen molar-refractivity contribution in [2.24, 2.45) is 0 Å². The summed E-state index contributed by atoms with van der Waals surface area (Å²) in [5.41, 5.74) is 2.19. The normalized spacial score (nSPS) is 19.3. The fraction of sp³-hybridized carbons (Fsp3) is 0.368. The van der Waals surface area contributed by atoms with Crippen LogP contribution in [0.1, 0.15) is 54.8 Å². The van der Waals surface area contributed by atoms with Crippen LogP contribution in [0, 0.1) is 0 Å². The summed E-state index contributed by atoms with van der Waals surface area (Å²) in [5, 5.41) is 15.3. The van der Waals surface area contributed by atoms with Crippen LogP contribution in [0.25, 0.3) is 11.3 Å². The average molecular weight is 351 g/mol. The molecule has 0 unspecified atom stereocenters. The van der Waals surface area contributed by atoms with Gasteiger partial charge in [-0.05, 0) is 18.8 Å². The number of nitrogens with one attached hydrogen (secondary N) is 1. The highest BCUT2D eigenvalue weighted by Crippen LogP contribution is 2.32. The zero-order chi connectivity index (χ0) is 18.1. The summed E-state index contributed by atoms with van der Waals surface area (Å²) in [6.45, 7) is 4.19. The topological polar surface area (TPSA) is 85.8 Å². The maximum Gasteiger partial charge on any atom is 0.273 e. The molecule has 2 heterocycles. The van der Waals surface area contributed by atoms with E-state index in [2.05, 4.69) is 34.6 Å². The van der Waals surface area contributed by atoms with Gasteiger partial charge in [-0.3, -0.25) is 4.79 Å². The van der Waals surface area contributed by atoms with Crippen LogP contribution in [0.5, 0.6) is 0 Å². The lowest BCUT2D eigenvalue weighted by Gasteiger charge is -2.35. The van der Waals surface area contributed by atoms with Gasteiger partial charge >= 0.3 is 0 Å². The number of amides is 1. The minimum absolute atomic E-state index is 0.121. The third-order valence-electron chi connectivity index (χ3n) is 4.74. The molecule has 0 saturated heterocycles. The number of aromatic nitrogens is 4. The number of benzene rings is 1. The predicted octanol–water partition coefficient (Wildman–Crippen LogP) is 3.19. The van der Waals surface area contributed by atoms with Gasteiger partial charge in [0.1, 0.15) is 0 Å². The van der Waals surface area contributed by atoms with Crippen LogP contribution in [0.15, 0.2) is 47.1 Å². The second kappa shape index (κ2) is 6.74. The number of nitrogens with zero attached hydrogens (tertiary/aromatic N) is 4. The smallest absolute Gasteiger partial charge is 0.273 e. The second-order valence-electron chi connectivity index (χ2n) is 7.02. The molecule has 26 heavy (non-hydrogen) atoms. The van der Waals surface area contributed by atoms with Gasteiger partial charge < -0.3 is 9.84 Å². The summed E-state index contributed by atoms with van der Waals surface area (Å²) in [6.07, 6.45) is 3.68. The van der Waals surface area contributed by atoms with E-state index in [1.807, 2.05) is 41.2 Å². The van der Waals surface area contributed by atoms with E-state index in [9.17, 15) is 4.79 Å². The molecule has 0 radical (unpaired) electrons. The monoisotopic (exact) mass is 351 g/mol. The van der Waals surface area contributed by atoms with Gasteiger partial charge in [0.15, 0.2) is 11.5 Å². The van der Waals surface area contributed by atoms with E-state index in [4.69, 9.17) is 4.52 Å². The van der Waals surface area contributed by atoms with E-state index in [0.717, 1.165) is 24.1 Å². The Morgan fingerprint density at radius 1 is 1.27 bits per heavy atom. The summed E-state index contributed by atoms with van der Waals surface area (Å²) in [6, 6.07) is 11.7. The van der Waals surface area contributed by atoms with E-state index < -0.39 is 0 Å². The van der Waals surface area contributed by atoms with Crippen molar-refractivity contribution in [3.8, 4) is 11.3 Å². The van der Waals surface area contributed by atoms with Crippen molar-refractivity contribution in [1.82, 2.24) is 25.5 Å². The number of hydrogen-bond acceptors (Lipinski definition) is 5. The molecular formula is C19H21N5O2. The number of carbonyl (C=O) groups excluding carboxylic acids is 1. The van der Waals surface area contributed by atoms with Crippen molar-refractivity contribution >= 4 is 5.91 Å². The number of hydrogen-bond donors (Lipinski definition) is 1. The third-order valence-corrected chi connectivity index (χ3v) is 4.74. The van der Waals surface area contributed by atoms with Crippen molar-refractivity contribution in [3.63, 3.8) is 0 Å². The van der Waals surface area contributed by atoms with Crippen LogP contribution < -0.4 is 5.32 Å². The molecule has 0 aliphatic heterocycles. The maximum absolute atomic E-state index is 12.4. The minimum atomic E-state index is -0.208. The van der Waals surface area contributed by atoms with Gasteiger partial charge in [-0.15, -0.1) is 5.10 Å². The Morgan fingerprint density at radius 2 is 2.04 bits per heavy atom. The van der Waals surface area contributed by atoms with Gasteiger partial charge in [0, 0.05) is 23.9 Å². The van der Waals surface area contributed by atoms with Crippen molar-refractivity contribution in [2.45, 2.75) is 44.7 Å². The van der Waals surface area contributed by atoms with E-state index in [0.29, 0.717) is 17.4 Å². The Bertz CT molecular complexity index is 894. The summed E-state index contributed by atoms with van der Waals surface area (Å²) in [5.74, 6) is 0.747. The fourth-order valence-corrected chi connectivity index (χ4v) is 3.04. The van der Waals surface area contributed by atoms with Gasteiger partial charge in [-0.25, -0.2) is 4.68 Å². The molecule has 1 fully saturated rings. The van der Waals surface area contributed by atoms with Crippen LogP contribution in [-0.2, 0) is 0 Å². The van der Waals surface area contributed by atoms with E-state index in [1.165, 1.54) is 0 Å². The Morgan fingerprint density at radius 3 is 2.73 bits per heavy atom. The Kier molecular flexibility index (Phi) is 4.28. The summed E-state index contributed by atoms with van der Waals surface area (Å²) >= 11 is 0. The van der Waals surface area contributed by atoms with Crippen LogP contribution in [0.2, 0.25) is 0 Å². The predicted molar refractivity (Wildman–Crippen MR) is 95.6 cm³/mol. The molecule has 134 valence electrons. The highest BCUT2D eigenvalue weighted by molar-refractivity contribution is 5.93. The molecule has 1 amide bonds. The second-order valence-corrected chi connectivity index (χ2v) is 7.02. The van der Waals surface area contributed by atoms with Gasteiger partial charge in [0.25, 0.3) is 5.91 Å². The molecule has 1 aliphatic carbocycles. The first-order valence-corrected chi connectivity index (χ1v) is 8.85. The van der Waals surface area contributed by atoms with Crippen molar-refractivity contribution < 1.29 is 9.32 Å². The Balaban J connectivity index is 1.33. The standard InChI is InChI=1S/C19H21N5O2/c1-12(2)17-11-24(23-21-17)15-8-14(9-15)20-19(25)16-10-18(26-22-16)13-6-4-3-5-7-13/h3-7,10-12,14-15H,8-9H2,1-2H3,(H,20,25). The first-order valence-electron chi connectivity index (χ1n) is 8.85. The largest absolute Gasteiger partial charge is 0.355 e. The van der Waals surface area contributed by atoms with Gasteiger partial charge in [-0.1, -0.05) is 54.5 Å².